The van der Waals surface area contributed by atoms with E-state index in [-0.39, 0.29) is 6.04 Å². The minimum Gasteiger partial charge on any atom is -0.309 e. The lowest BCUT2D eigenvalue weighted by Gasteiger charge is -2.20. The van der Waals surface area contributed by atoms with Gasteiger partial charge in [0.25, 0.3) is 0 Å². The zero-order valence-electron chi connectivity index (χ0n) is 11.6. The van der Waals surface area contributed by atoms with Crippen molar-refractivity contribution in [1.29, 1.82) is 0 Å². The van der Waals surface area contributed by atoms with Crippen LogP contribution in [0.4, 0.5) is 0 Å². The molecule has 1 heteroatoms. The SMILES string of the molecule is CNC(c1ccc(C)cc1)c1cc(C)ccc1C. The monoisotopic (exact) mass is 239 g/mol. The largest absolute Gasteiger partial charge is 0.309 e. The number of hydrogen-bond donors (Lipinski definition) is 1. The van der Waals surface area contributed by atoms with Gasteiger partial charge in [0, 0.05) is 0 Å². The fraction of sp³-hybridized carbons (Fsp3) is 0.294. The smallest absolute Gasteiger partial charge is 0.0576 e. The maximum atomic E-state index is 3.42. The standard InChI is InChI=1S/C17H21N/c1-12-6-9-15(10-7-12)17(18-4)16-11-13(2)5-8-14(16)3/h5-11,17-18H,1-4H3. The van der Waals surface area contributed by atoms with Crippen molar-refractivity contribution in [3.8, 4) is 0 Å². The van der Waals surface area contributed by atoms with E-state index < -0.39 is 0 Å². The zero-order chi connectivity index (χ0) is 13.1. The molecule has 0 aliphatic heterocycles. The molecule has 2 rings (SSSR count). The van der Waals surface area contributed by atoms with Crippen LogP contribution in [0.1, 0.15) is 33.9 Å². The first-order valence-electron chi connectivity index (χ1n) is 6.43. The molecule has 0 fully saturated rings. The summed E-state index contributed by atoms with van der Waals surface area (Å²) in [5.41, 5.74) is 6.62. The second-order valence-electron chi connectivity index (χ2n) is 4.99. The molecular formula is C17H21N. The average molecular weight is 239 g/mol. The summed E-state index contributed by atoms with van der Waals surface area (Å²) in [7, 11) is 2.02. The number of hydrogen-bond acceptors (Lipinski definition) is 1. The van der Waals surface area contributed by atoms with Gasteiger partial charge in [-0.05, 0) is 44.5 Å². The van der Waals surface area contributed by atoms with Crippen LogP contribution in [0.3, 0.4) is 0 Å². The molecule has 0 spiro atoms. The van der Waals surface area contributed by atoms with Gasteiger partial charge in [-0.25, -0.2) is 0 Å². The Morgan fingerprint density at radius 2 is 1.44 bits per heavy atom. The Kier molecular flexibility index (Phi) is 3.83. The first-order chi connectivity index (χ1) is 8.61. The molecule has 1 atom stereocenters. The van der Waals surface area contributed by atoms with Crippen LogP contribution in [0, 0.1) is 20.8 Å². The normalized spacial score (nSPS) is 12.4. The third-order valence-corrected chi connectivity index (χ3v) is 3.45. The van der Waals surface area contributed by atoms with Gasteiger partial charge in [-0.2, -0.15) is 0 Å². The van der Waals surface area contributed by atoms with Gasteiger partial charge in [0.2, 0.25) is 0 Å². The summed E-state index contributed by atoms with van der Waals surface area (Å²) in [6, 6.07) is 15.7. The molecule has 0 amide bonds. The lowest BCUT2D eigenvalue weighted by molar-refractivity contribution is 0.687. The fourth-order valence-corrected chi connectivity index (χ4v) is 2.33. The molecule has 18 heavy (non-hydrogen) atoms. The molecule has 0 aliphatic rings. The Balaban J connectivity index is 2.44. The predicted molar refractivity (Wildman–Crippen MR) is 78.0 cm³/mol. The molecule has 0 heterocycles. The molecule has 1 unspecified atom stereocenters. The minimum atomic E-state index is 0.269. The first-order valence-corrected chi connectivity index (χ1v) is 6.43. The van der Waals surface area contributed by atoms with E-state index >= 15 is 0 Å². The van der Waals surface area contributed by atoms with Gasteiger partial charge in [0.1, 0.15) is 0 Å². The predicted octanol–water partition coefficient (Wildman–Crippen LogP) is 3.92. The molecule has 0 saturated heterocycles. The molecule has 0 radical (unpaired) electrons. The molecule has 94 valence electrons. The maximum absolute atomic E-state index is 3.42. The molecule has 2 aromatic carbocycles. The van der Waals surface area contributed by atoms with Crippen LogP contribution in [-0.2, 0) is 0 Å². The van der Waals surface area contributed by atoms with Crippen molar-refractivity contribution in [1.82, 2.24) is 5.32 Å². The lowest BCUT2D eigenvalue weighted by atomic mass is 9.93. The van der Waals surface area contributed by atoms with Gasteiger partial charge in [0.05, 0.1) is 6.04 Å². The number of nitrogens with one attached hydrogen (secondary N) is 1. The van der Waals surface area contributed by atoms with Gasteiger partial charge < -0.3 is 5.32 Å². The fourth-order valence-electron chi connectivity index (χ4n) is 2.33. The Morgan fingerprint density at radius 3 is 2.06 bits per heavy atom. The van der Waals surface area contributed by atoms with Gasteiger partial charge in [0.15, 0.2) is 0 Å². The van der Waals surface area contributed by atoms with Crippen molar-refractivity contribution in [3.63, 3.8) is 0 Å². The van der Waals surface area contributed by atoms with Gasteiger partial charge >= 0.3 is 0 Å². The van der Waals surface area contributed by atoms with E-state index in [1.54, 1.807) is 0 Å². The quantitative estimate of drug-likeness (QED) is 0.856. The van der Waals surface area contributed by atoms with E-state index in [0.717, 1.165) is 0 Å². The van der Waals surface area contributed by atoms with Crippen molar-refractivity contribution in [2.75, 3.05) is 7.05 Å². The van der Waals surface area contributed by atoms with Crippen LogP contribution >= 0.6 is 0 Å². The van der Waals surface area contributed by atoms with Gasteiger partial charge in [-0.15, -0.1) is 0 Å². The summed E-state index contributed by atoms with van der Waals surface area (Å²) in [6.45, 7) is 6.44. The number of aryl methyl sites for hydroxylation is 3. The second-order valence-corrected chi connectivity index (χ2v) is 4.99. The van der Waals surface area contributed by atoms with Crippen LogP contribution in [0.2, 0.25) is 0 Å². The first kappa shape index (κ1) is 12.8. The average Bonchev–Trinajstić information content (AvgIpc) is 2.37. The van der Waals surface area contributed by atoms with Crippen molar-refractivity contribution in [2.24, 2.45) is 0 Å². The molecular weight excluding hydrogens is 218 g/mol. The molecule has 1 N–H and O–H groups in total. The highest BCUT2D eigenvalue weighted by Gasteiger charge is 2.13. The van der Waals surface area contributed by atoms with Gasteiger partial charge in [-0.3, -0.25) is 0 Å². The molecule has 0 saturated carbocycles. The molecule has 0 aliphatic carbocycles. The summed E-state index contributed by atoms with van der Waals surface area (Å²) in [5, 5.41) is 3.42. The summed E-state index contributed by atoms with van der Waals surface area (Å²) in [6.07, 6.45) is 0. The summed E-state index contributed by atoms with van der Waals surface area (Å²) in [4.78, 5) is 0. The molecule has 1 nitrogen and oxygen atoms in total. The summed E-state index contributed by atoms with van der Waals surface area (Å²) < 4.78 is 0. The van der Waals surface area contributed by atoms with Crippen LogP contribution in [-0.4, -0.2) is 7.05 Å². The van der Waals surface area contributed by atoms with Crippen LogP contribution in [0.15, 0.2) is 42.5 Å². The third-order valence-electron chi connectivity index (χ3n) is 3.45. The number of rotatable bonds is 3. The molecule has 0 bridgehead atoms. The Labute approximate surface area is 110 Å². The zero-order valence-corrected chi connectivity index (χ0v) is 11.6. The van der Waals surface area contributed by atoms with E-state index in [1.807, 2.05) is 7.05 Å². The molecule has 2 aromatic rings. The van der Waals surface area contributed by atoms with Crippen LogP contribution in [0.5, 0.6) is 0 Å². The maximum Gasteiger partial charge on any atom is 0.0576 e. The Bertz CT molecular complexity index is 526. The summed E-state index contributed by atoms with van der Waals surface area (Å²) in [5.74, 6) is 0. The van der Waals surface area contributed by atoms with Crippen molar-refractivity contribution in [2.45, 2.75) is 26.8 Å². The highest BCUT2D eigenvalue weighted by molar-refractivity contribution is 5.39. The highest BCUT2D eigenvalue weighted by atomic mass is 14.9. The highest BCUT2D eigenvalue weighted by Crippen LogP contribution is 2.25. The Hall–Kier alpha value is -1.60. The Morgan fingerprint density at radius 1 is 0.833 bits per heavy atom. The third kappa shape index (κ3) is 2.62. The van der Waals surface area contributed by atoms with Crippen molar-refractivity contribution >= 4 is 0 Å². The van der Waals surface area contributed by atoms with Crippen LogP contribution in [0.25, 0.3) is 0 Å². The topological polar surface area (TPSA) is 12.0 Å². The van der Waals surface area contributed by atoms with E-state index in [9.17, 15) is 0 Å². The van der Waals surface area contributed by atoms with E-state index in [1.165, 1.54) is 27.8 Å². The van der Waals surface area contributed by atoms with E-state index in [4.69, 9.17) is 0 Å². The van der Waals surface area contributed by atoms with E-state index in [2.05, 4.69) is 68.6 Å². The van der Waals surface area contributed by atoms with Gasteiger partial charge in [-0.1, -0.05) is 53.6 Å². The summed E-state index contributed by atoms with van der Waals surface area (Å²) >= 11 is 0. The van der Waals surface area contributed by atoms with E-state index in [0.29, 0.717) is 0 Å². The van der Waals surface area contributed by atoms with Crippen molar-refractivity contribution < 1.29 is 0 Å². The minimum absolute atomic E-state index is 0.269. The lowest BCUT2D eigenvalue weighted by Crippen LogP contribution is -2.18. The second kappa shape index (κ2) is 5.36. The van der Waals surface area contributed by atoms with Crippen LogP contribution < -0.4 is 5.32 Å². The van der Waals surface area contributed by atoms with Crippen molar-refractivity contribution in [3.05, 3.63) is 70.3 Å². The number of benzene rings is 2. The molecule has 0 aromatic heterocycles.